The maximum Gasteiger partial charge on any atom is 0.336 e. The number of rotatable bonds is 7. The average molecular weight is 257 g/mol. The first-order valence-corrected chi connectivity index (χ1v) is 7.69. The van der Waals surface area contributed by atoms with Crippen LogP contribution in [0.5, 0.6) is 0 Å². The third-order valence-corrected chi connectivity index (χ3v) is 4.25. The van der Waals surface area contributed by atoms with E-state index >= 15 is 0 Å². The highest BCUT2D eigenvalue weighted by atomic mass is 31.2. The van der Waals surface area contributed by atoms with Crippen LogP contribution >= 0.6 is 7.60 Å². The Morgan fingerprint density at radius 2 is 1.71 bits per heavy atom. The second-order valence-corrected chi connectivity index (χ2v) is 5.63. The van der Waals surface area contributed by atoms with Gasteiger partial charge in [-0.05, 0) is 32.4 Å². The molecule has 0 saturated carbocycles. The molecule has 5 heteroatoms. The quantitative estimate of drug-likeness (QED) is 0.702. The summed E-state index contributed by atoms with van der Waals surface area (Å²) < 4.78 is 22.8. The zero-order valence-electron chi connectivity index (χ0n) is 10.7. The van der Waals surface area contributed by atoms with Gasteiger partial charge in [-0.2, -0.15) is 0 Å². The Morgan fingerprint density at radius 3 is 2.24 bits per heavy atom. The van der Waals surface area contributed by atoms with Gasteiger partial charge in [0.2, 0.25) is 0 Å². The molecule has 1 heterocycles. The van der Waals surface area contributed by atoms with Crippen molar-refractivity contribution in [1.82, 2.24) is 4.98 Å². The lowest BCUT2D eigenvalue weighted by Crippen LogP contribution is -2.01. The van der Waals surface area contributed by atoms with Crippen LogP contribution in [-0.4, -0.2) is 18.2 Å². The van der Waals surface area contributed by atoms with Gasteiger partial charge in [-0.15, -0.1) is 0 Å². The number of nitrogens with zero attached hydrogens (tertiary/aromatic N) is 1. The van der Waals surface area contributed by atoms with Crippen molar-refractivity contribution < 1.29 is 13.6 Å². The van der Waals surface area contributed by atoms with E-state index in [-0.39, 0.29) is 6.16 Å². The van der Waals surface area contributed by atoms with Gasteiger partial charge in [-0.1, -0.05) is 13.0 Å². The molecular formula is C12H20NO3P. The summed E-state index contributed by atoms with van der Waals surface area (Å²) in [6.07, 6.45) is 1.10. The number of hydrogen-bond acceptors (Lipinski definition) is 4. The normalized spacial score (nSPS) is 11.7. The molecule has 0 fully saturated rings. The molecule has 0 aliphatic rings. The molecule has 0 aliphatic heterocycles. The number of aryl methyl sites for hydroxylation is 1. The van der Waals surface area contributed by atoms with Gasteiger partial charge in [0.1, 0.15) is 0 Å². The fourth-order valence-corrected chi connectivity index (χ4v) is 3.15. The van der Waals surface area contributed by atoms with Gasteiger partial charge in [0.05, 0.1) is 25.1 Å². The molecule has 17 heavy (non-hydrogen) atoms. The largest absolute Gasteiger partial charge is 0.336 e. The van der Waals surface area contributed by atoms with Crippen molar-refractivity contribution in [2.45, 2.75) is 33.4 Å². The zero-order valence-corrected chi connectivity index (χ0v) is 11.6. The van der Waals surface area contributed by atoms with Crippen LogP contribution in [0.4, 0.5) is 0 Å². The summed E-state index contributed by atoms with van der Waals surface area (Å²) in [5, 5.41) is 0. The van der Waals surface area contributed by atoms with Gasteiger partial charge in [-0.3, -0.25) is 9.55 Å². The molecular weight excluding hydrogens is 237 g/mol. The topological polar surface area (TPSA) is 48.4 Å². The van der Waals surface area contributed by atoms with Crippen molar-refractivity contribution in [1.29, 1.82) is 0 Å². The van der Waals surface area contributed by atoms with E-state index in [0.29, 0.717) is 13.2 Å². The molecule has 0 aliphatic carbocycles. The minimum atomic E-state index is -3.03. The van der Waals surface area contributed by atoms with Crippen molar-refractivity contribution in [2.75, 3.05) is 13.2 Å². The molecule has 0 atom stereocenters. The summed E-state index contributed by atoms with van der Waals surface area (Å²) in [5.41, 5.74) is 1.75. The van der Waals surface area contributed by atoms with Gasteiger partial charge in [0.15, 0.2) is 0 Å². The second kappa shape index (κ2) is 6.90. The summed E-state index contributed by atoms with van der Waals surface area (Å²) in [7, 11) is -3.03. The molecule has 4 nitrogen and oxygen atoms in total. The van der Waals surface area contributed by atoms with Gasteiger partial charge >= 0.3 is 7.60 Å². The number of hydrogen-bond donors (Lipinski definition) is 0. The molecule has 0 radical (unpaired) electrons. The first-order chi connectivity index (χ1) is 8.13. The fraction of sp³-hybridized carbons (Fsp3) is 0.583. The Kier molecular flexibility index (Phi) is 5.83. The summed E-state index contributed by atoms with van der Waals surface area (Å²) in [6.45, 7) is 6.41. The second-order valence-electron chi connectivity index (χ2n) is 3.58. The van der Waals surface area contributed by atoms with Crippen molar-refractivity contribution in [3.8, 4) is 0 Å². The first-order valence-electron chi connectivity index (χ1n) is 5.96. The van der Waals surface area contributed by atoms with Crippen LogP contribution in [0.3, 0.4) is 0 Å². The van der Waals surface area contributed by atoms with Crippen LogP contribution in [-0.2, 0) is 26.2 Å². The van der Waals surface area contributed by atoms with Crippen LogP contribution < -0.4 is 0 Å². The minimum absolute atomic E-state index is 0.239. The van der Waals surface area contributed by atoms with Gasteiger partial charge in [0.25, 0.3) is 0 Å². The van der Waals surface area contributed by atoms with Crippen LogP contribution in [0.2, 0.25) is 0 Å². The van der Waals surface area contributed by atoms with E-state index in [0.717, 1.165) is 17.8 Å². The van der Waals surface area contributed by atoms with Crippen LogP contribution in [0.15, 0.2) is 18.2 Å². The molecule has 0 unspecified atom stereocenters. The molecule has 1 rings (SSSR count). The molecule has 0 spiro atoms. The molecule has 0 N–H and O–H groups in total. The van der Waals surface area contributed by atoms with E-state index in [4.69, 9.17) is 9.05 Å². The lowest BCUT2D eigenvalue weighted by Gasteiger charge is -2.16. The lowest BCUT2D eigenvalue weighted by atomic mass is 10.3. The molecule has 1 aromatic rings. The van der Waals surface area contributed by atoms with E-state index in [1.54, 1.807) is 0 Å². The number of aromatic nitrogens is 1. The lowest BCUT2D eigenvalue weighted by molar-refractivity contribution is 0.219. The SMILES string of the molecule is CCOP(=O)(Cc1cccc(CC)n1)OCC. The van der Waals surface area contributed by atoms with E-state index in [1.165, 1.54) is 0 Å². The molecule has 0 saturated heterocycles. The predicted octanol–water partition coefficient (Wildman–Crippen LogP) is 3.41. The standard InChI is InChI=1S/C12H20NO3P/c1-4-11-8-7-9-12(13-11)10-17(14,15-5-2)16-6-3/h7-9H,4-6,10H2,1-3H3. The molecule has 0 amide bonds. The highest BCUT2D eigenvalue weighted by Gasteiger charge is 2.24. The fourth-order valence-electron chi connectivity index (χ4n) is 1.53. The Morgan fingerprint density at radius 1 is 1.12 bits per heavy atom. The van der Waals surface area contributed by atoms with E-state index in [9.17, 15) is 4.57 Å². The van der Waals surface area contributed by atoms with Crippen molar-refractivity contribution in [3.63, 3.8) is 0 Å². The van der Waals surface area contributed by atoms with Gasteiger partial charge in [-0.25, -0.2) is 0 Å². The van der Waals surface area contributed by atoms with Crippen LogP contribution in [0, 0.1) is 0 Å². The first kappa shape index (κ1) is 14.4. The highest BCUT2D eigenvalue weighted by Crippen LogP contribution is 2.50. The third-order valence-electron chi connectivity index (χ3n) is 2.23. The Balaban J connectivity index is 2.81. The average Bonchev–Trinajstić information content (AvgIpc) is 2.29. The summed E-state index contributed by atoms with van der Waals surface area (Å²) in [6, 6.07) is 5.73. The summed E-state index contributed by atoms with van der Waals surface area (Å²) in [4.78, 5) is 4.41. The van der Waals surface area contributed by atoms with Crippen molar-refractivity contribution in [3.05, 3.63) is 29.6 Å². The Bertz CT molecular complexity index is 385. The Hall–Kier alpha value is -0.700. The van der Waals surface area contributed by atoms with E-state index in [2.05, 4.69) is 4.98 Å². The molecule has 96 valence electrons. The smallest absolute Gasteiger partial charge is 0.309 e. The monoisotopic (exact) mass is 257 g/mol. The number of pyridine rings is 1. The molecule has 0 aromatic carbocycles. The summed E-state index contributed by atoms with van der Waals surface area (Å²) in [5.74, 6) is 0. The van der Waals surface area contributed by atoms with E-state index < -0.39 is 7.60 Å². The molecule has 0 bridgehead atoms. The van der Waals surface area contributed by atoms with Crippen molar-refractivity contribution in [2.24, 2.45) is 0 Å². The predicted molar refractivity (Wildman–Crippen MR) is 68.2 cm³/mol. The minimum Gasteiger partial charge on any atom is -0.309 e. The highest BCUT2D eigenvalue weighted by molar-refractivity contribution is 7.53. The van der Waals surface area contributed by atoms with Crippen molar-refractivity contribution >= 4 is 7.60 Å². The summed E-state index contributed by atoms with van der Waals surface area (Å²) >= 11 is 0. The maximum atomic E-state index is 12.3. The van der Waals surface area contributed by atoms with Gasteiger partial charge in [0, 0.05) is 5.69 Å². The zero-order chi connectivity index (χ0) is 12.7. The van der Waals surface area contributed by atoms with E-state index in [1.807, 2.05) is 39.0 Å². The molecule has 1 aromatic heterocycles. The Labute approximate surface area is 103 Å². The van der Waals surface area contributed by atoms with Crippen LogP contribution in [0.25, 0.3) is 0 Å². The van der Waals surface area contributed by atoms with Gasteiger partial charge < -0.3 is 9.05 Å². The van der Waals surface area contributed by atoms with Crippen LogP contribution in [0.1, 0.15) is 32.2 Å². The third kappa shape index (κ3) is 4.58. The maximum absolute atomic E-state index is 12.3.